The van der Waals surface area contributed by atoms with Crippen molar-refractivity contribution < 1.29 is 9.90 Å². The number of nitrogens with zero attached hydrogens (tertiary/aromatic N) is 1. The van der Waals surface area contributed by atoms with Gasteiger partial charge >= 0.3 is 0 Å². The number of amides is 1. The van der Waals surface area contributed by atoms with Crippen molar-refractivity contribution in [1.82, 2.24) is 5.32 Å². The summed E-state index contributed by atoms with van der Waals surface area (Å²) in [4.78, 5) is 12.2. The Morgan fingerprint density at radius 1 is 1.25 bits per heavy atom. The van der Waals surface area contributed by atoms with Crippen molar-refractivity contribution in [3.05, 3.63) is 70.2 Å². The first-order valence-electron chi connectivity index (χ1n) is 7.78. The molecule has 3 rings (SSSR count). The van der Waals surface area contributed by atoms with E-state index in [1.165, 1.54) is 0 Å². The van der Waals surface area contributed by atoms with Crippen LogP contribution in [-0.2, 0) is 5.41 Å². The van der Waals surface area contributed by atoms with Gasteiger partial charge in [-0.15, -0.1) is 0 Å². The minimum atomic E-state index is -0.866. The van der Waals surface area contributed by atoms with Crippen LogP contribution in [0, 0.1) is 11.3 Å². The number of hydrogen-bond donors (Lipinski definition) is 2. The van der Waals surface area contributed by atoms with Crippen molar-refractivity contribution >= 4 is 17.5 Å². The monoisotopic (exact) mass is 340 g/mol. The maximum Gasteiger partial charge on any atom is 0.251 e. The lowest BCUT2D eigenvalue weighted by molar-refractivity contribution is 0.0916. The summed E-state index contributed by atoms with van der Waals surface area (Å²) in [6, 6.07) is 16.4. The standard InChI is InChI=1S/C19H17ClN2O2/c20-16-4-2-1-3-15(16)17(23)11-22-18(24)13-5-7-14(8-6-13)19(12-21)9-10-19/h1-8,17,23H,9-11H2,(H,22,24). The lowest BCUT2D eigenvalue weighted by Crippen LogP contribution is -2.28. The molecule has 0 aromatic heterocycles. The Labute approximate surface area is 145 Å². The molecule has 0 radical (unpaired) electrons. The van der Waals surface area contributed by atoms with E-state index >= 15 is 0 Å². The first-order valence-corrected chi connectivity index (χ1v) is 8.16. The number of carbonyl (C=O) groups excluding carboxylic acids is 1. The average Bonchev–Trinajstić information content (AvgIpc) is 3.41. The van der Waals surface area contributed by atoms with Gasteiger partial charge in [-0.25, -0.2) is 0 Å². The summed E-state index contributed by atoms with van der Waals surface area (Å²) < 4.78 is 0. The largest absolute Gasteiger partial charge is 0.387 e. The summed E-state index contributed by atoms with van der Waals surface area (Å²) >= 11 is 6.03. The highest BCUT2D eigenvalue weighted by Crippen LogP contribution is 2.47. The smallest absolute Gasteiger partial charge is 0.251 e. The molecule has 1 aliphatic carbocycles. The molecule has 0 saturated heterocycles. The fourth-order valence-electron chi connectivity index (χ4n) is 2.68. The van der Waals surface area contributed by atoms with E-state index in [9.17, 15) is 15.2 Å². The van der Waals surface area contributed by atoms with E-state index in [1.807, 2.05) is 12.1 Å². The molecule has 1 amide bonds. The van der Waals surface area contributed by atoms with Crippen molar-refractivity contribution in [3.8, 4) is 6.07 Å². The van der Waals surface area contributed by atoms with Crippen LogP contribution in [-0.4, -0.2) is 17.6 Å². The van der Waals surface area contributed by atoms with E-state index < -0.39 is 6.10 Å². The molecule has 1 unspecified atom stereocenters. The van der Waals surface area contributed by atoms with Gasteiger partial charge < -0.3 is 10.4 Å². The molecule has 5 heteroatoms. The van der Waals surface area contributed by atoms with Crippen LogP contribution >= 0.6 is 11.6 Å². The molecule has 0 heterocycles. The number of nitrogens with one attached hydrogen (secondary N) is 1. The molecule has 1 fully saturated rings. The molecule has 2 aromatic rings. The van der Waals surface area contributed by atoms with Crippen molar-refractivity contribution in [2.75, 3.05) is 6.54 Å². The predicted molar refractivity (Wildman–Crippen MR) is 91.7 cm³/mol. The molecular weight excluding hydrogens is 324 g/mol. The summed E-state index contributed by atoms with van der Waals surface area (Å²) in [6.45, 7) is 0.0758. The minimum Gasteiger partial charge on any atom is -0.387 e. The molecule has 24 heavy (non-hydrogen) atoms. The third-order valence-electron chi connectivity index (χ3n) is 4.38. The summed E-state index contributed by atoms with van der Waals surface area (Å²) in [7, 11) is 0. The second-order valence-electron chi connectivity index (χ2n) is 6.02. The number of hydrogen-bond acceptors (Lipinski definition) is 3. The number of halogens is 1. The fraction of sp³-hybridized carbons (Fsp3) is 0.263. The van der Waals surface area contributed by atoms with E-state index in [0.29, 0.717) is 16.1 Å². The Bertz CT molecular complexity index is 792. The highest BCUT2D eigenvalue weighted by Gasteiger charge is 2.44. The first kappa shape index (κ1) is 16.5. The highest BCUT2D eigenvalue weighted by atomic mass is 35.5. The maximum atomic E-state index is 12.2. The molecule has 2 N–H and O–H groups in total. The van der Waals surface area contributed by atoms with Gasteiger partial charge in [-0.3, -0.25) is 4.79 Å². The Balaban J connectivity index is 1.61. The SMILES string of the molecule is N#CC1(c2ccc(C(=O)NCC(O)c3ccccc3Cl)cc2)CC1. The number of carbonyl (C=O) groups is 1. The van der Waals surface area contributed by atoms with E-state index in [1.54, 1.807) is 36.4 Å². The molecule has 0 spiro atoms. The van der Waals surface area contributed by atoms with Crippen LogP contribution in [0.3, 0.4) is 0 Å². The third kappa shape index (κ3) is 3.28. The number of benzene rings is 2. The Hall–Kier alpha value is -2.35. The molecule has 4 nitrogen and oxygen atoms in total. The zero-order chi connectivity index (χ0) is 17.2. The molecule has 2 aromatic carbocycles. The van der Waals surface area contributed by atoms with Crippen LogP contribution in [0.5, 0.6) is 0 Å². The van der Waals surface area contributed by atoms with Crippen molar-refractivity contribution in [2.24, 2.45) is 0 Å². The number of rotatable bonds is 5. The van der Waals surface area contributed by atoms with Crippen LogP contribution in [0.25, 0.3) is 0 Å². The first-order chi connectivity index (χ1) is 11.6. The number of aliphatic hydroxyl groups is 1. The van der Waals surface area contributed by atoms with Gasteiger partial charge in [-0.1, -0.05) is 41.9 Å². The van der Waals surface area contributed by atoms with Gasteiger partial charge in [0.25, 0.3) is 5.91 Å². The van der Waals surface area contributed by atoms with Crippen LogP contribution in [0.4, 0.5) is 0 Å². The molecular formula is C19H17ClN2O2. The zero-order valence-corrected chi connectivity index (χ0v) is 13.8. The molecule has 1 saturated carbocycles. The maximum absolute atomic E-state index is 12.2. The van der Waals surface area contributed by atoms with Gasteiger partial charge in [-0.2, -0.15) is 5.26 Å². The topological polar surface area (TPSA) is 73.1 Å². The second-order valence-corrected chi connectivity index (χ2v) is 6.43. The predicted octanol–water partition coefficient (Wildman–Crippen LogP) is 3.36. The molecule has 122 valence electrons. The van der Waals surface area contributed by atoms with Gasteiger partial charge in [-0.05, 0) is 36.6 Å². The van der Waals surface area contributed by atoms with Crippen molar-refractivity contribution in [1.29, 1.82) is 5.26 Å². The third-order valence-corrected chi connectivity index (χ3v) is 4.73. The lowest BCUT2D eigenvalue weighted by Gasteiger charge is -2.14. The second kappa shape index (κ2) is 6.64. The van der Waals surface area contributed by atoms with Crippen LogP contribution in [0.15, 0.2) is 48.5 Å². The van der Waals surface area contributed by atoms with Crippen molar-refractivity contribution in [2.45, 2.75) is 24.4 Å². The van der Waals surface area contributed by atoms with E-state index in [-0.39, 0.29) is 17.9 Å². The Morgan fingerprint density at radius 3 is 2.50 bits per heavy atom. The summed E-state index contributed by atoms with van der Waals surface area (Å²) in [5, 5.41) is 22.5. The molecule has 0 bridgehead atoms. The highest BCUT2D eigenvalue weighted by molar-refractivity contribution is 6.31. The van der Waals surface area contributed by atoms with Gasteiger partial charge in [0.05, 0.1) is 17.6 Å². The molecule has 0 aliphatic heterocycles. The normalized spacial score (nSPS) is 16.0. The summed E-state index contributed by atoms with van der Waals surface area (Å²) in [5.74, 6) is -0.269. The zero-order valence-electron chi connectivity index (χ0n) is 13.0. The Kier molecular flexibility index (Phi) is 4.57. The van der Waals surface area contributed by atoms with E-state index in [0.717, 1.165) is 18.4 Å². The van der Waals surface area contributed by atoms with Gasteiger partial charge in [0.15, 0.2) is 0 Å². The van der Waals surface area contributed by atoms with Crippen LogP contribution < -0.4 is 5.32 Å². The van der Waals surface area contributed by atoms with Crippen LogP contribution in [0.1, 0.15) is 40.4 Å². The van der Waals surface area contributed by atoms with Gasteiger partial charge in [0.1, 0.15) is 0 Å². The summed E-state index contributed by atoms with van der Waals surface area (Å²) in [5.41, 5.74) is 1.69. The van der Waals surface area contributed by atoms with Crippen LogP contribution in [0.2, 0.25) is 5.02 Å². The van der Waals surface area contributed by atoms with E-state index in [2.05, 4.69) is 11.4 Å². The fourth-order valence-corrected chi connectivity index (χ4v) is 2.94. The average molecular weight is 341 g/mol. The van der Waals surface area contributed by atoms with Crippen molar-refractivity contribution in [3.63, 3.8) is 0 Å². The number of aliphatic hydroxyl groups excluding tert-OH is 1. The number of nitriles is 1. The van der Waals surface area contributed by atoms with Gasteiger partial charge in [0, 0.05) is 22.7 Å². The molecule has 1 atom stereocenters. The quantitative estimate of drug-likeness (QED) is 0.876. The van der Waals surface area contributed by atoms with Gasteiger partial charge in [0.2, 0.25) is 0 Å². The lowest BCUT2D eigenvalue weighted by atomic mass is 9.96. The molecule has 1 aliphatic rings. The van der Waals surface area contributed by atoms with E-state index in [4.69, 9.17) is 11.6 Å². The Morgan fingerprint density at radius 2 is 1.92 bits per heavy atom. The summed E-state index contributed by atoms with van der Waals surface area (Å²) in [6.07, 6.45) is 0.883. The minimum absolute atomic E-state index is 0.0758.